The molecule has 0 saturated heterocycles. The quantitative estimate of drug-likeness (QED) is 0.842. The van der Waals surface area contributed by atoms with Gasteiger partial charge in [0, 0.05) is 23.7 Å². The van der Waals surface area contributed by atoms with Crippen molar-refractivity contribution in [3.05, 3.63) is 34.9 Å². The molecule has 3 atom stereocenters. The summed E-state index contributed by atoms with van der Waals surface area (Å²) in [4.78, 5) is 2.40. The normalized spacial score (nSPS) is 25.4. The van der Waals surface area contributed by atoms with Crippen LogP contribution in [0.25, 0.3) is 0 Å². The molecule has 1 saturated carbocycles. The molecule has 0 aliphatic heterocycles. The predicted octanol–water partition coefficient (Wildman–Crippen LogP) is 4.24. The van der Waals surface area contributed by atoms with Gasteiger partial charge in [0.15, 0.2) is 0 Å². The van der Waals surface area contributed by atoms with Crippen LogP contribution in [0, 0.1) is 5.92 Å². The second-order valence-electron chi connectivity index (χ2n) is 6.20. The molecule has 1 aliphatic carbocycles. The zero-order chi connectivity index (χ0) is 14.5. The molecule has 2 nitrogen and oxygen atoms in total. The van der Waals surface area contributed by atoms with E-state index < -0.39 is 0 Å². The van der Waals surface area contributed by atoms with Crippen molar-refractivity contribution in [3.63, 3.8) is 0 Å². The van der Waals surface area contributed by atoms with Gasteiger partial charge in [-0.05, 0) is 44.4 Å². The molecule has 0 bridgehead atoms. The Morgan fingerprint density at radius 3 is 2.70 bits per heavy atom. The van der Waals surface area contributed by atoms with Crippen LogP contribution in [-0.2, 0) is 0 Å². The van der Waals surface area contributed by atoms with Crippen LogP contribution in [0.1, 0.15) is 50.6 Å². The van der Waals surface area contributed by atoms with Crippen molar-refractivity contribution in [2.75, 3.05) is 13.6 Å². The van der Waals surface area contributed by atoms with E-state index in [0.717, 1.165) is 11.6 Å². The van der Waals surface area contributed by atoms with Crippen molar-refractivity contribution < 1.29 is 0 Å². The van der Waals surface area contributed by atoms with Crippen molar-refractivity contribution in [2.24, 2.45) is 11.7 Å². The first-order chi connectivity index (χ1) is 9.59. The number of rotatable bonds is 4. The van der Waals surface area contributed by atoms with Gasteiger partial charge in [0.25, 0.3) is 0 Å². The molecule has 0 aromatic heterocycles. The van der Waals surface area contributed by atoms with E-state index >= 15 is 0 Å². The Labute approximate surface area is 128 Å². The molecule has 1 aromatic carbocycles. The highest BCUT2D eigenvalue weighted by Crippen LogP contribution is 2.29. The Morgan fingerprint density at radius 1 is 1.25 bits per heavy atom. The summed E-state index contributed by atoms with van der Waals surface area (Å²) in [5.41, 5.74) is 7.55. The van der Waals surface area contributed by atoms with E-state index in [1.807, 2.05) is 12.1 Å². The molecule has 2 N–H and O–H groups in total. The van der Waals surface area contributed by atoms with Gasteiger partial charge in [0.1, 0.15) is 0 Å². The molecule has 1 aromatic rings. The highest BCUT2D eigenvalue weighted by atomic mass is 35.5. The minimum atomic E-state index is 0.333. The van der Waals surface area contributed by atoms with Crippen molar-refractivity contribution >= 4 is 11.6 Å². The Morgan fingerprint density at radius 2 is 1.95 bits per heavy atom. The number of hydrogen-bond donors (Lipinski definition) is 1. The molecule has 0 amide bonds. The minimum absolute atomic E-state index is 0.333. The van der Waals surface area contributed by atoms with Gasteiger partial charge >= 0.3 is 0 Å². The van der Waals surface area contributed by atoms with Gasteiger partial charge in [0.05, 0.1) is 0 Å². The van der Waals surface area contributed by atoms with Crippen LogP contribution in [-0.4, -0.2) is 24.5 Å². The fourth-order valence-corrected chi connectivity index (χ4v) is 3.51. The van der Waals surface area contributed by atoms with Crippen LogP contribution >= 0.6 is 11.6 Å². The molecule has 0 spiro atoms. The Bertz CT molecular complexity index is 421. The number of hydrogen-bond acceptors (Lipinski definition) is 2. The van der Waals surface area contributed by atoms with Crippen LogP contribution in [0.2, 0.25) is 5.02 Å². The van der Waals surface area contributed by atoms with Crippen LogP contribution in [0.5, 0.6) is 0 Å². The van der Waals surface area contributed by atoms with Crippen LogP contribution in [0.3, 0.4) is 0 Å². The van der Waals surface area contributed by atoms with E-state index in [9.17, 15) is 0 Å². The summed E-state index contributed by atoms with van der Waals surface area (Å²) < 4.78 is 0. The molecule has 3 heteroatoms. The number of halogens is 1. The lowest BCUT2D eigenvalue weighted by Crippen LogP contribution is -2.38. The van der Waals surface area contributed by atoms with Gasteiger partial charge in [-0.15, -0.1) is 0 Å². The molecule has 0 heterocycles. The maximum atomic E-state index is 6.34. The molecule has 20 heavy (non-hydrogen) atoms. The molecular weight excluding hydrogens is 268 g/mol. The maximum absolute atomic E-state index is 6.34. The third-order valence-electron chi connectivity index (χ3n) is 4.76. The first-order valence-corrected chi connectivity index (χ1v) is 8.17. The summed E-state index contributed by atoms with van der Waals surface area (Å²) in [5.74, 6) is 0.618. The zero-order valence-electron chi connectivity index (χ0n) is 12.7. The number of nitrogens with two attached hydrogens (primary N) is 1. The lowest BCUT2D eigenvalue weighted by atomic mass is 9.94. The lowest BCUT2D eigenvalue weighted by molar-refractivity contribution is 0.197. The average molecular weight is 295 g/mol. The van der Waals surface area contributed by atoms with Gasteiger partial charge in [-0.2, -0.15) is 0 Å². The first-order valence-electron chi connectivity index (χ1n) is 7.80. The van der Waals surface area contributed by atoms with E-state index in [1.54, 1.807) is 0 Å². The molecular formula is C17H27ClN2. The zero-order valence-corrected chi connectivity index (χ0v) is 13.4. The molecule has 2 rings (SSSR count). The molecule has 0 radical (unpaired) electrons. The van der Waals surface area contributed by atoms with E-state index in [-0.39, 0.29) is 0 Å². The van der Waals surface area contributed by atoms with E-state index in [4.69, 9.17) is 17.3 Å². The Balaban J connectivity index is 2.00. The van der Waals surface area contributed by atoms with Crippen LogP contribution in [0.4, 0.5) is 0 Å². The summed E-state index contributed by atoms with van der Waals surface area (Å²) >= 11 is 6.31. The van der Waals surface area contributed by atoms with Crippen molar-refractivity contribution in [3.8, 4) is 0 Å². The molecule has 3 unspecified atom stereocenters. The summed E-state index contributed by atoms with van der Waals surface area (Å²) in [5, 5.41) is 0.858. The molecule has 1 aliphatic rings. The lowest BCUT2D eigenvalue weighted by Gasteiger charge is -2.31. The summed E-state index contributed by atoms with van der Waals surface area (Å²) in [6, 6.07) is 8.83. The number of benzene rings is 1. The largest absolute Gasteiger partial charge is 0.327 e. The van der Waals surface area contributed by atoms with Crippen molar-refractivity contribution in [1.29, 1.82) is 0 Å². The third-order valence-corrected chi connectivity index (χ3v) is 5.10. The third kappa shape index (κ3) is 3.97. The van der Waals surface area contributed by atoms with Gasteiger partial charge < -0.3 is 5.73 Å². The SMILES string of the molecule is CC(c1ccccc1Cl)N(C)CC1CCCCCC1N. The minimum Gasteiger partial charge on any atom is -0.327 e. The van der Waals surface area contributed by atoms with Crippen LogP contribution < -0.4 is 5.73 Å². The number of nitrogens with zero attached hydrogens (tertiary/aromatic N) is 1. The smallest absolute Gasteiger partial charge is 0.0453 e. The monoisotopic (exact) mass is 294 g/mol. The Hall–Kier alpha value is -0.570. The van der Waals surface area contributed by atoms with E-state index in [2.05, 4.69) is 31.0 Å². The highest BCUT2D eigenvalue weighted by Gasteiger charge is 2.24. The standard InChI is InChI=1S/C17H27ClN2/c1-13(15-9-6-7-10-16(15)18)20(2)12-14-8-4-3-5-11-17(14)19/h6-7,9-10,13-14,17H,3-5,8,11-12,19H2,1-2H3. The maximum Gasteiger partial charge on any atom is 0.0453 e. The molecule has 1 fully saturated rings. The van der Waals surface area contributed by atoms with Crippen LogP contribution in [0.15, 0.2) is 24.3 Å². The Kier molecular flexibility index (Phi) is 5.88. The van der Waals surface area contributed by atoms with Crippen molar-refractivity contribution in [2.45, 2.75) is 51.1 Å². The van der Waals surface area contributed by atoms with Gasteiger partial charge in [-0.1, -0.05) is 49.1 Å². The summed E-state index contributed by atoms with van der Waals surface area (Å²) in [7, 11) is 2.19. The van der Waals surface area contributed by atoms with Crippen molar-refractivity contribution in [1.82, 2.24) is 4.90 Å². The topological polar surface area (TPSA) is 29.3 Å². The second-order valence-corrected chi connectivity index (χ2v) is 6.61. The molecule has 112 valence electrons. The first kappa shape index (κ1) is 15.8. The average Bonchev–Trinajstić information content (AvgIpc) is 2.64. The predicted molar refractivity (Wildman–Crippen MR) is 87.0 cm³/mol. The van der Waals surface area contributed by atoms with E-state index in [0.29, 0.717) is 18.0 Å². The fourth-order valence-electron chi connectivity index (χ4n) is 3.22. The highest BCUT2D eigenvalue weighted by molar-refractivity contribution is 6.31. The summed E-state index contributed by atoms with van der Waals surface area (Å²) in [6.45, 7) is 3.29. The fraction of sp³-hybridized carbons (Fsp3) is 0.647. The van der Waals surface area contributed by atoms with Gasteiger partial charge in [0.2, 0.25) is 0 Å². The van der Waals surface area contributed by atoms with E-state index in [1.165, 1.54) is 37.7 Å². The van der Waals surface area contributed by atoms with Gasteiger partial charge in [-0.3, -0.25) is 4.90 Å². The second kappa shape index (κ2) is 7.44. The van der Waals surface area contributed by atoms with Gasteiger partial charge in [-0.25, -0.2) is 0 Å². The summed E-state index contributed by atoms with van der Waals surface area (Å²) in [6.07, 6.45) is 6.40.